The van der Waals surface area contributed by atoms with E-state index >= 15 is 0 Å². The van der Waals surface area contributed by atoms with Crippen LogP contribution in [0.15, 0.2) is 0 Å². The SMILES string of the molecule is OCCOC1(OCCOC2OO2)OO1. The Labute approximate surface area is 79.0 Å². The van der Waals surface area contributed by atoms with Crippen LogP contribution in [0, 0.1) is 0 Å². The van der Waals surface area contributed by atoms with E-state index in [0.29, 0.717) is 0 Å². The maximum Gasteiger partial charge on any atom is 0.467 e. The summed E-state index contributed by atoms with van der Waals surface area (Å²) in [4.78, 5) is 17.5. The zero-order valence-corrected chi connectivity index (χ0v) is 7.21. The first-order chi connectivity index (χ1) is 6.85. The molecule has 0 aromatic heterocycles. The number of hydrogen-bond acceptors (Lipinski definition) is 8. The smallest absolute Gasteiger partial charge is 0.394 e. The van der Waals surface area contributed by atoms with E-state index in [4.69, 9.17) is 19.3 Å². The molecular formula is C6H10O8. The van der Waals surface area contributed by atoms with E-state index < -0.39 is 12.6 Å². The third kappa shape index (κ3) is 3.12. The second kappa shape index (κ2) is 4.47. The third-order valence-electron chi connectivity index (χ3n) is 1.38. The molecule has 0 unspecified atom stereocenters. The average molecular weight is 210 g/mol. The van der Waals surface area contributed by atoms with E-state index in [-0.39, 0.29) is 26.4 Å². The van der Waals surface area contributed by atoms with Crippen molar-refractivity contribution >= 4 is 0 Å². The van der Waals surface area contributed by atoms with Gasteiger partial charge in [-0.2, -0.15) is 9.78 Å². The van der Waals surface area contributed by atoms with Gasteiger partial charge in [-0.15, -0.1) is 9.78 Å². The van der Waals surface area contributed by atoms with Crippen molar-refractivity contribution in [3.05, 3.63) is 0 Å². The van der Waals surface area contributed by atoms with Crippen molar-refractivity contribution in [3.63, 3.8) is 0 Å². The van der Waals surface area contributed by atoms with Crippen LogP contribution in [0.3, 0.4) is 0 Å². The highest BCUT2D eigenvalue weighted by atomic mass is 17.5. The molecule has 0 bridgehead atoms. The molecule has 2 aliphatic heterocycles. The summed E-state index contributed by atoms with van der Waals surface area (Å²) in [7, 11) is 0. The van der Waals surface area contributed by atoms with E-state index in [0.717, 1.165) is 0 Å². The van der Waals surface area contributed by atoms with Gasteiger partial charge in [0.25, 0.3) is 0 Å². The summed E-state index contributed by atoms with van der Waals surface area (Å²) in [6, 6.07) is 0. The van der Waals surface area contributed by atoms with Crippen LogP contribution in [0.1, 0.15) is 0 Å². The normalized spacial score (nSPS) is 23.8. The molecule has 1 N–H and O–H groups in total. The molecule has 0 atom stereocenters. The lowest BCUT2D eigenvalue weighted by atomic mass is 10.7. The Morgan fingerprint density at radius 3 is 2.36 bits per heavy atom. The molecule has 0 aromatic rings. The molecule has 0 radical (unpaired) electrons. The minimum absolute atomic E-state index is 0.0652. The van der Waals surface area contributed by atoms with E-state index in [2.05, 4.69) is 19.6 Å². The first kappa shape index (κ1) is 10.2. The van der Waals surface area contributed by atoms with E-state index in [1.54, 1.807) is 0 Å². The van der Waals surface area contributed by atoms with Crippen LogP contribution in [-0.2, 0) is 33.8 Å². The highest BCUT2D eigenvalue weighted by Crippen LogP contribution is 2.31. The minimum atomic E-state index is -1.46. The fourth-order valence-electron chi connectivity index (χ4n) is 0.732. The molecule has 0 aliphatic carbocycles. The number of ether oxygens (including phenoxy) is 3. The molecular weight excluding hydrogens is 200 g/mol. The molecule has 0 saturated carbocycles. The van der Waals surface area contributed by atoms with Crippen molar-refractivity contribution in [2.45, 2.75) is 12.6 Å². The van der Waals surface area contributed by atoms with Gasteiger partial charge in [0.2, 0.25) is 0 Å². The van der Waals surface area contributed by atoms with Gasteiger partial charge < -0.3 is 9.84 Å². The van der Waals surface area contributed by atoms with Gasteiger partial charge in [-0.1, -0.05) is 0 Å². The summed E-state index contributed by atoms with van der Waals surface area (Å²) in [5.41, 5.74) is 0. The Kier molecular flexibility index (Phi) is 3.26. The number of aliphatic hydroxyl groups is 1. The van der Waals surface area contributed by atoms with Crippen LogP contribution >= 0.6 is 0 Å². The molecule has 2 saturated heterocycles. The van der Waals surface area contributed by atoms with Crippen molar-refractivity contribution < 1.29 is 38.9 Å². The number of rotatable bonds is 8. The van der Waals surface area contributed by atoms with Crippen LogP contribution in [0.2, 0.25) is 0 Å². The minimum Gasteiger partial charge on any atom is -0.394 e. The summed E-state index contributed by atoms with van der Waals surface area (Å²) in [5.74, 6) is 0. The first-order valence-corrected chi connectivity index (χ1v) is 4.04. The molecule has 2 heterocycles. The highest BCUT2D eigenvalue weighted by molar-refractivity contribution is 4.46. The van der Waals surface area contributed by atoms with Crippen LogP contribution in [-0.4, -0.2) is 44.2 Å². The van der Waals surface area contributed by atoms with Crippen LogP contribution in [0.4, 0.5) is 0 Å². The predicted octanol–water partition coefficient (Wildman–Crippen LogP) is -1.15. The third-order valence-corrected chi connectivity index (χ3v) is 1.38. The maximum absolute atomic E-state index is 8.46. The summed E-state index contributed by atoms with van der Waals surface area (Å²) >= 11 is 0. The zero-order chi connectivity index (χ0) is 9.86. The van der Waals surface area contributed by atoms with Gasteiger partial charge in [0.05, 0.1) is 26.4 Å². The van der Waals surface area contributed by atoms with Crippen molar-refractivity contribution in [2.24, 2.45) is 0 Å². The van der Waals surface area contributed by atoms with E-state index in [1.807, 2.05) is 0 Å². The van der Waals surface area contributed by atoms with Gasteiger partial charge in [0.1, 0.15) is 0 Å². The van der Waals surface area contributed by atoms with Crippen molar-refractivity contribution in [3.8, 4) is 0 Å². The molecule has 0 aromatic carbocycles. The fourth-order valence-corrected chi connectivity index (χ4v) is 0.732. The molecule has 0 amide bonds. The van der Waals surface area contributed by atoms with Gasteiger partial charge in [0.15, 0.2) is 0 Å². The topological polar surface area (TPSA) is 98.0 Å². The molecule has 2 aliphatic rings. The number of aliphatic hydroxyl groups excluding tert-OH is 1. The second-order valence-electron chi connectivity index (χ2n) is 2.44. The first-order valence-electron chi connectivity index (χ1n) is 4.04. The summed E-state index contributed by atoms with van der Waals surface area (Å²) in [6.07, 6.45) is -1.46. The van der Waals surface area contributed by atoms with Crippen molar-refractivity contribution in [1.82, 2.24) is 0 Å². The molecule has 2 rings (SSSR count). The maximum atomic E-state index is 8.46. The number of hydrogen-bond donors (Lipinski definition) is 1. The lowest BCUT2D eigenvalue weighted by Crippen LogP contribution is -2.24. The lowest BCUT2D eigenvalue weighted by Gasteiger charge is -2.07. The van der Waals surface area contributed by atoms with Gasteiger partial charge in [-0.05, 0) is 0 Å². The molecule has 2 fully saturated rings. The highest BCUT2D eigenvalue weighted by Gasteiger charge is 2.53. The predicted molar refractivity (Wildman–Crippen MR) is 35.8 cm³/mol. The van der Waals surface area contributed by atoms with Crippen molar-refractivity contribution in [1.29, 1.82) is 0 Å². The molecule has 8 nitrogen and oxygen atoms in total. The fraction of sp³-hybridized carbons (Fsp3) is 1.00. The summed E-state index contributed by atoms with van der Waals surface area (Å²) < 4.78 is 14.8. The van der Waals surface area contributed by atoms with Gasteiger partial charge in [-0.3, -0.25) is 9.47 Å². The zero-order valence-electron chi connectivity index (χ0n) is 7.21. The molecule has 8 heteroatoms. The Balaban J connectivity index is 1.50. The van der Waals surface area contributed by atoms with E-state index in [1.165, 1.54) is 0 Å². The summed E-state index contributed by atoms with van der Waals surface area (Å²) in [5, 5.41) is 8.46. The van der Waals surface area contributed by atoms with Crippen molar-refractivity contribution in [2.75, 3.05) is 26.4 Å². The largest absolute Gasteiger partial charge is 0.467 e. The Morgan fingerprint density at radius 2 is 1.79 bits per heavy atom. The lowest BCUT2D eigenvalue weighted by molar-refractivity contribution is -0.253. The molecule has 82 valence electrons. The molecule has 0 spiro atoms. The Hall–Kier alpha value is -0.320. The second-order valence-corrected chi connectivity index (χ2v) is 2.44. The standard InChI is InChI=1S/C6H10O8/c7-1-2-9-6(13-14-6)10-4-3-8-5-11-12-5/h5,7H,1-4H2. The Morgan fingerprint density at radius 1 is 1.07 bits per heavy atom. The summed E-state index contributed by atoms with van der Waals surface area (Å²) in [6.45, 7) is -0.224. The van der Waals surface area contributed by atoms with Crippen LogP contribution < -0.4 is 0 Å². The van der Waals surface area contributed by atoms with E-state index in [9.17, 15) is 0 Å². The van der Waals surface area contributed by atoms with Crippen LogP contribution in [0.5, 0.6) is 0 Å². The van der Waals surface area contributed by atoms with Gasteiger partial charge in [0, 0.05) is 0 Å². The average Bonchev–Trinajstić information content (AvgIpc) is 3.06. The quantitative estimate of drug-likeness (QED) is 0.232. The van der Waals surface area contributed by atoms with Gasteiger partial charge >= 0.3 is 12.6 Å². The molecule has 14 heavy (non-hydrogen) atoms. The van der Waals surface area contributed by atoms with Crippen LogP contribution in [0.25, 0.3) is 0 Å². The van der Waals surface area contributed by atoms with Gasteiger partial charge in [-0.25, -0.2) is 0 Å². The Bertz CT molecular complexity index is 177. The monoisotopic (exact) mass is 210 g/mol.